The lowest BCUT2D eigenvalue weighted by Crippen LogP contribution is -2.00. The largest absolute Gasteiger partial charge is 0.478 e. The number of fused-ring (bicyclic) bond motifs is 1. The van der Waals surface area contributed by atoms with Gasteiger partial charge in [-0.2, -0.15) is 0 Å². The molecule has 0 atom stereocenters. The summed E-state index contributed by atoms with van der Waals surface area (Å²) < 4.78 is 6.54. The Morgan fingerprint density at radius 2 is 1.90 bits per heavy atom. The van der Waals surface area contributed by atoms with Crippen LogP contribution in [0.4, 0.5) is 0 Å². The smallest absolute Gasteiger partial charge is 0.339 e. The molecule has 0 radical (unpaired) electrons. The quantitative estimate of drug-likeness (QED) is 0.761. The molecule has 0 spiro atoms. The molecule has 1 aromatic heterocycles. The zero-order chi connectivity index (χ0) is 14.8. The van der Waals surface area contributed by atoms with Crippen molar-refractivity contribution in [2.75, 3.05) is 0 Å². The molecule has 0 aliphatic rings. The van der Waals surface area contributed by atoms with Crippen LogP contribution < -0.4 is 4.74 Å². The van der Waals surface area contributed by atoms with Crippen LogP contribution >= 0.6 is 15.9 Å². The molecular formula is C16H10BrNO3. The summed E-state index contributed by atoms with van der Waals surface area (Å²) in [5.74, 6) is -0.241. The van der Waals surface area contributed by atoms with Crippen LogP contribution in [0.25, 0.3) is 10.9 Å². The molecule has 21 heavy (non-hydrogen) atoms. The van der Waals surface area contributed by atoms with E-state index in [4.69, 9.17) is 4.74 Å². The number of para-hydroxylation sites is 1. The molecule has 5 heteroatoms. The first-order valence-corrected chi connectivity index (χ1v) is 6.99. The molecule has 0 saturated carbocycles. The summed E-state index contributed by atoms with van der Waals surface area (Å²) in [5.41, 5.74) is 0.794. The van der Waals surface area contributed by atoms with E-state index in [2.05, 4.69) is 20.9 Å². The van der Waals surface area contributed by atoms with Crippen molar-refractivity contribution in [2.45, 2.75) is 0 Å². The van der Waals surface area contributed by atoms with Crippen LogP contribution in [0.2, 0.25) is 0 Å². The zero-order valence-electron chi connectivity index (χ0n) is 10.8. The Morgan fingerprint density at radius 3 is 2.71 bits per heavy atom. The molecule has 1 heterocycles. The van der Waals surface area contributed by atoms with Gasteiger partial charge in [0.2, 0.25) is 0 Å². The molecule has 1 N–H and O–H groups in total. The van der Waals surface area contributed by atoms with Crippen LogP contribution in [0.5, 0.6) is 11.5 Å². The lowest BCUT2D eigenvalue weighted by Gasteiger charge is -2.11. The molecule has 104 valence electrons. The second-order valence-corrected chi connectivity index (χ2v) is 5.29. The van der Waals surface area contributed by atoms with Gasteiger partial charge < -0.3 is 9.84 Å². The fourth-order valence-electron chi connectivity index (χ4n) is 2.03. The van der Waals surface area contributed by atoms with Crippen molar-refractivity contribution < 1.29 is 14.6 Å². The van der Waals surface area contributed by atoms with Crippen LogP contribution in [-0.4, -0.2) is 16.1 Å². The van der Waals surface area contributed by atoms with Gasteiger partial charge in [0.1, 0.15) is 16.8 Å². The number of rotatable bonds is 3. The highest BCUT2D eigenvalue weighted by Crippen LogP contribution is 2.32. The van der Waals surface area contributed by atoms with Crippen molar-refractivity contribution in [1.82, 2.24) is 4.98 Å². The molecule has 0 fully saturated rings. The lowest BCUT2D eigenvalue weighted by molar-refractivity contribution is 0.0694. The number of pyridine rings is 1. The Kier molecular flexibility index (Phi) is 3.58. The summed E-state index contributed by atoms with van der Waals surface area (Å²) in [6, 6.07) is 14.1. The fourth-order valence-corrected chi connectivity index (χ4v) is 2.37. The number of aromatic nitrogens is 1. The maximum Gasteiger partial charge on any atom is 0.339 e. The molecule has 0 bridgehead atoms. The minimum atomic E-state index is -1.04. The number of hydrogen-bond acceptors (Lipinski definition) is 3. The number of hydrogen-bond donors (Lipinski definition) is 1. The molecule has 3 aromatic rings. The van der Waals surface area contributed by atoms with E-state index in [1.807, 2.05) is 24.3 Å². The van der Waals surface area contributed by atoms with Crippen molar-refractivity contribution >= 4 is 32.8 Å². The van der Waals surface area contributed by atoms with Crippen molar-refractivity contribution in [3.8, 4) is 11.5 Å². The lowest BCUT2D eigenvalue weighted by atomic mass is 10.2. The molecule has 3 rings (SSSR count). The van der Waals surface area contributed by atoms with Gasteiger partial charge in [-0.25, -0.2) is 4.79 Å². The number of aromatic carboxylic acids is 1. The maximum absolute atomic E-state index is 11.3. The molecule has 4 nitrogen and oxygen atoms in total. The number of carbonyl (C=O) groups is 1. The van der Waals surface area contributed by atoms with Crippen LogP contribution in [0.15, 0.2) is 59.2 Å². The standard InChI is InChI=1S/C16H10BrNO3/c17-11-6-7-12(16(19)20)14(9-11)21-13-5-1-3-10-4-2-8-18-15(10)13/h1-9H,(H,19,20). The fraction of sp³-hybridized carbons (Fsp3) is 0. The van der Waals surface area contributed by atoms with Crippen LogP contribution in [0, 0.1) is 0 Å². The van der Waals surface area contributed by atoms with Crippen LogP contribution in [0.1, 0.15) is 10.4 Å². The first-order chi connectivity index (χ1) is 10.1. The Morgan fingerprint density at radius 1 is 1.10 bits per heavy atom. The van der Waals surface area contributed by atoms with Crippen molar-refractivity contribution in [2.24, 2.45) is 0 Å². The van der Waals surface area contributed by atoms with Crippen molar-refractivity contribution in [3.63, 3.8) is 0 Å². The SMILES string of the molecule is O=C(O)c1ccc(Br)cc1Oc1cccc2cccnc12. The van der Waals surface area contributed by atoms with E-state index in [-0.39, 0.29) is 11.3 Å². The van der Waals surface area contributed by atoms with Crippen LogP contribution in [0.3, 0.4) is 0 Å². The van der Waals surface area contributed by atoms with E-state index >= 15 is 0 Å². The summed E-state index contributed by atoms with van der Waals surface area (Å²) in [4.78, 5) is 15.6. The van der Waals surface area contributed by atoms with Gasteiger partial charge in [0.15, 0.2) is 5.75 Å². The topological polar surface area (TPSA) is 59.4 Å². The van der Waals surface area contributed by atoms with E-state index in [1.165, 1.54) is 6.07 Å². The monoisotopic (exact) mass is 343 g/mol. The molecular weight excluding hydrogens is 334 g/mol. The van der Waals surface area contributed by atoms with E-state index in [0.717, 1.165) is 9.86 Å². The number of benzene rings is 2. The van der Waals surface area contributed by atoms with Gasteiger partial charge in [-0.05, 0) is 30.3 Å². The maximum atomic E-state index is 11.3. The van der Waals surface area contributed by atoms with Crippen LogP contribution in [-0.2, 0) is 0 Å². The number of carboxylic acids is 1. The predicted octanol–water partition coefficient (Wildman–Crippen LogP) is 4.49. The highest BCUT2D eigenvalue weighted by atomic mass is 79.9. The van der Waals surface area contributed by atoms with E-state index in [9.17, 15) is 9.90 Å². The first-order valence-electron chi connectivity index (χ1n) is 6.19. The average Bonchev–Trinajstić information content (AvgIpc) is 2.47. The van der Waals surface area contributed by atoms with Gasteiger partial charge in [0.05, 0.1) is 0 Å². The summed E-state index contributed by atoms with van der Waals surface area (Å²) >= 11 is 3.32. The van der Waals surface area contributed by atoms with Gasteiger partial charge in [0, 0.05) is 16.1 Å². The second-order valence-electron chi connectivity index (χ2n) is 4.38. The summed E-state index contributed by atoms with van der Waals surface area (Å²) in [5, 5.41) is 10.2. The number of carboxylic acid groups (broad SMARTS) is 1. The zero-order valence-corrected chi connectivity index (χ0v) is 12.4. The number of ether oxygens (including phenoxy) is 1. The average molecular weight is 344 g/mol. The summed E-state index contributed by atoms with van der Waals surface area (Å²) in [6.07, 6.45) is 1.67. The minimum Gasteiger partial charge on any atom is -0.478 e. The third-order valence-electron chi connectivity index (χ3n) is 2.99. The van der Waals surface area contributed by atoms with E-state index in [0.29, 0.717) is 11.3 Å². The molecule has 0 saturated heterocycles. The second kappa shape index (κ2) is 5.54. The van der Waals surface area contributed by atoms with E-state index < -0.39 is 5.97 Å². The van der Waals surface area contributed by atoms with Gasteiger partial charge >= 0.3 is 5.97 Å². The third-order valence-corrected chi connectivity index (χ3v) is 3.48. The molecule has 0 aliphatic carbocycles. The Bertz CT molecular complexity index is 827. The highest BCUT2D eigenvalue weighted by molar-refractivity contribution is 9.10. The normalized spacial score (nSPS) is 10.5. The molecule has 2 aromatic carbocycles. The molecule has 0 aliphatic heterocycles. The van der Waals surface area contributed by atoms with Crippen molar-refractivity contribution in [1.29, 1.82) is 0 Å². The summed E-state index contributed by atoms with van der Waals surface area (Å²) in [7, 11) is 0. The molecule has 0 unspecified atom stereocenters. The number of nitrogens with zero attached hydrogens (tertiary/aromatic N) is 1. The molecule has 0 amide bonds. The minimum absolute atomic E-state index is 0.103. The predicted molar refractivity (Wildman–Crippen MR) is 82.9 cm³/mol. The Labute approximate surface area is 129 Å². The van der Waals surface area contributed by atoms with Gasteiger partial charge in [-0.15, -0.1) is 0 Å². The third kappa shape index (κ3) is 2.73. The van der Waals surface area contributed by atoms with Crippen molar-refractivity contribution in [3.05, 3.63) is 64.8 Å². The Hall–Kier alpha value is -2.40. The first kappa shape index (κ1) is 13.6. The van der Waals surface area contributed by atoms with Gasteiger partial charge in [-0.1, -0.05) is 34.1 Å². The highest BCUT2D eigenvalue weighted by Gasteiger charge is 2.14. The number of halogens is 1. The summed E-state index contributed by atoms with van der Waals surface area (Å²) in [6.45, 7) is 0. The van der Waals surface area contributed by atoms with Gasteiger partial charge in [0.25, 0.3) is 0 Å². The van der Waals surface area contributed by atoms with Gasteiger partial charge in [-0.3, -0.25) is 4.98 Å². The Balaban J connectivity index is 2.11. The van der Waals surface area contributed by atoms with E-state index in [1.54, 1.807) is 24.4 Å².